The van der Waals surface area contributed by atoms with Gasteiger partial charge in [0.15, 0.2) is 6.10 Å². The van der Waals surface area contributed by atoms with E-state index in [9.17, 15) is 28.6 Å². The minimum Gasteiger partial charge on any atom is -0.463 e. The minimum absolute atomic E-state index is 0.0150. The van der Waals surface area contributed by atoms with Crippen molar-refractivity contribution in [2.45, 2.75) is 238 Å². The van der Waals surface area contributed by atoms with Crippen molar-refractivity contribution in [1.29, 1.82) is 0 Å². The zero-order chi connectivity index (χ0) is 53.1. The first-order valence-electron chi connectivity index (χ1n) is 28.5. The van der Waals surface area contributed by atoms with Gasteiger partial charge < -0.3 is 28.3 Å². The summed E-state index contributed by atoms with van der Waals surface area (Å²) in [6.07, 6.45) is 50.0. The second-order valence-corrected chi connectivity index (χ2v) is 21.8. The zero-order valence-corrected chi connectivity index (χ0v) is 47.2. The van der Waals surface area contributed by atoms with Crippen molar-refractivity contribution >= 4 is 31.7 Å². The molecule has 2 atom stereocenters. The SMILES string of the molecule is C/C=C/C=C/C(=O)OCCCCCCCCCCCCCCCCCCC(=O)OC[C@H](COP(=O)(O)OCC[N+](C)(C)C)OC(=O)CCCCCCCCCCCCCCCCCCOC(=O)/C=C/C=C/C. The number of esters is 4. The van der Waals surface area contributed by atoms with Crippen LogP contribution in [0.25, 0.3) is 0 Å². The van der Waals surface area contributed by atoms with Gasteiger partial charge >= 0.3 is 31.7 Å². The largest absolute Gasteiger partial charge is 0.472 e. The van der Waals surface area contributed by atoms with Crippen molar-refractivity contribution in [2.24, 2.45) is 0 Å². The van der Waals surface area contributed by atoms with Crippen LogP contribution in [-0.2, 0) is 51.7 Å². The van der Waals surface area contributed by atoms with E-state index in [1.807, 2.05) is 59.3 Å². The Morgan fingerprint density at radius 3 is 1.11 bits per heavy atom. The Balaban J connectivity index is 4.12. The summed E-state index contributed by atoms with van der Waals surface area (Å²) in [7, 11) is 1.42. The maximum absolute atomic E-state index is 12.8. The fourth-order valence-corrected chi connectivity index (χ4v) is 8.63. The highest BCUT2D eigenvalue weighted by atomic mass is 31.2. The highest BCUT2D eigenvalue weighted by Gasteiger charge is 2.27. The van der Waals surface area contributed by atoms with Gasteiger partial charge in [-0.1, -0.05) is 216 Å². The average Bonchev–Trinajstić information content (AvgIpc) is 3.33. The summed E-state index contributed by atoms with van der Waals surface area (Å²) in [4.78, 5) is 58.8. The lowest BCUT2D eigenvalue weighted by Gasteiger charge is -2.24. The molecule has 0 heterocycles. The number of quaternary nitrogens is 1. The first-order valence-corrected chi connectivity index (χ1v) is 30.0. The number of ether oxygens (including phenoxy) is 4. The summed E-state index contributed by atoms with van der Waals surface area (Å²) in [6.45, 7) is 4.64. The van der Waals surface area contributed by atoms with Crippen molar-refractivity contribution in [3.05, 3.63) is 48.6 Å². The molecule has 418 valence electrons. The van der Waals surface area contributed by atoms with E-state index >= 15 is 0 Å². The molecule has 0 aliphatic rings. The third-order valence-electron chi connectivity index (χ3n) is 12.3. The number of rotatable bonds is 52. The van der Waals surface area contributed by atoms with Crippen LogP contribution in [0.5, 0.6) is 0 Å². The molecule has 1 N–H and O–H groups in total. The van der Waals surface area contributed by atoms with Gasteiger partial charge in [0.05, 0.1) is 41.0 Å². The zero-order valence-electron chi connectivity index (χ0n) is 46.3. The van der Waals surface area contributed by atoms with Crippen LogP contribution in [0.15, 0.2) is 48.6 Å². The van der Waals surface area contributed by atoms with Crippen LogP contribution in [0.2, 0.25) is 0 Å². The quantitative estimate of drug-likeness (QED) is 0.0117. The summed E-state index contributed by atoms with van der Waals surface area (Å²) in [5, 5.41) is 0. The molecule has 0 rings (SSSR count). The number of nitrogens with zero attached hydrogens (tertiary/aromatic N) is 1. The molecule has 0 bridgehead atoms. The van der Waals surface area contributed by atoms with Crippen LogP contribution < -0.4 is 0 Å². The van der Waals surface area contributed by atoms with Gasteiger partial charge in [0.2, 0.25) is 0 Å². The fraction of sp³-hybridized carbons (Fsp3) is 0.793. The maximum Gasteiger partial charge on any atom is 0.472 e. The molecule has 0 aromatic rings. The average molecular weight is 1040 g/mol. The molecule has 13 nitrogen and oxygen atoms in total. The van der Waals surface area contributed by atoms with E-state index in [2.05, 4.69) is 0 Å². The number of likely N-dealkylation sites (N-methyl/N-ethyl adjacent to an activating group) is 1. The highest BCUT2D eigenvalue weighted by molar-refractivity contribution is 7.47. The minimum atomic E-state index is -4.41. The second kappa shape index (κ2) is 50.1. The van der Waals surface area contributed by atoms with Crippen LogP contribution in [0.4, 0.5) is 0 Å². The van der Waals surface area contributed by atoms with Gasteiger partial charge in [-0.05, 0) is 39.5 Å². The van der Waals surface area contributed by atoms with Crippen LogP contribution >= 0.6 is 7.82 Å². The van der Waals surface area contributed by atoms with Crippen molar-refractivity contribution in [3.8, 4) is 0 Å². The molecule has 0 fully saturated rings. The normalized spacial score (nSPS) is 13.4. The molecular formula is C58H105NO12P+. The molecule has 0 aliphatic carbocycles. The summed E-state index contributed by atoms with van der Waals surface area (Å²) in [5.74, 6) is -1.38. The van der Waals surface area contributed by atoms with Crippen molar-refractivity contribution in [1.82, 2.24) is 0 Å². The Kier molecular flexibility index (Phi) is 47.9. The van der Waals surface area contributed by atoms with Crippen LogP contribution in [-0.4, -0.2) is 100 Å². The van der Waals surface area contributed by atoms with E-state index in [1.54, 1.807) is 12.2 Å². The molecule has 0 amide bonds. The standard InChI is InChI=1S/C58H104NO12P/c1-6-8-38-44-55(60)66-49-42-36-32-28-24-20-16-12-10-14-18-22-26-30-34-40-46-57(62)68-52-54(53-70-72(64,65)69-51-48-59(3,4)5)71-58(63)47-41-35-31-27-23-19-15-11-13-17-21-25-29-33-37-43-50-67-56(61)45-39-9-7-2/h6-9,38-39,44-45,54H,10-37,40-43,46-53H2,1-5H3/p+1/b8-6+,9-7+,44-38+,45-39+/t54-/m1/s1. The second-order valence-electron chi connectivity index (χ2n) is 20.3. The van der Waals surface area contributed by atoms with E-state index in [4.69, 9.17) is 28.0 Å². The molecule has 0 radical (unpaired) electrons. The molecule has 1 unspecified atom stereocenters. The topological polar surface area (TPSA) is 161 Å². The summed E-state index contributed by atoms with van der Waals surface area (Å²) >= 11 is 0. The van der Waals surface area contributed by atoms with Gasteiger partial charge in [-0.15, -0.1) is 0 Å². The fourth-order valence-electron chi connectivity index (χ4n) is 7.89. The number of phosphoric acid groups is 1. The Hall–Kier alpha value is -3.09. The number of allylic oxidation sites excluding steroid dienone is 6. The Morgan fingerprint density at radius 1 is 0.431 bits per heavy atom. The van der Waals surface area contributed by atoms with Gasteiger partial charge in [-0.3, -0.25) is 18.6 Å². The third kappa shape index (κ3) is 53.2. The first kappa shape index (κ1) is 68.9. The van der Waals surface area contributed by atoms with Crippen molar-refractivity contribution in [3.63, 3.8) is 0 Å². The van der Waals surface area contributed by atoms with Gasteiger partial charge in [0.25, 0.3) is 0 Å². The number of hydrogen-bond donors (Lipinski definition) is 1. The van der Waals surface area contributed by atoms with Gasteiger partial charge in [0.1, 0.15) is 19.8 Å². The van der Waals surface area contributed by atoms with Crippen molar-refractivity contribution in [2.75, 3.05) is 60.7 Å². The van der Waals surface area contributed by atoms with E-state index in [-0.39, 0.29) is 44.0 Å². The predicted octanol–water partition coefficient (Wildman–Crippen LogP) is 14.9. The molecule has 0 aliphatic heterocycles. The van der Waals surface area contributed by atoms with E-state index in [0.717, 1.165) is 70.6 Å². The van der Waals surface area contributed by atoms with Gasteiger partial charge in [-0.25, -0.2) is 14.2 Å². The monoisotopic (exact) mass is 1040 g/mol. The predicted molar refractivity (Wildman–Crippen MR) is 292 cm³/mol. The van der Waals surface area contributed by atoms with Gasteiger partial charge in [0, 0.05) is 25.0 Å². The lowest BCUT2D eigenvalue weighted by Crippen LogP contribution is -2.37. The Bertz CT molecular complexity index is 1490. The highest BCUT2D eigenvalue weighted by Crippen LogP contribution is 2.43. The van der Waals surface area contributed by atoms with E-state index in [0.29, 0.717) is 30.7 Å². The lowest BCUT2D eigenvalue weighted by molar-refractivity contribution is -0.870. The number of carbonyl (C=O) groups excluding carboxylic acids is 4. The molecule has 0 spiro atoms. The first-order chi connectivity index (χ1) is 34.8. The van der Waals surface area contributed by atoms with E-state index in [1.165, 1.54) is 141 Å². The molecular weight excluding hydrogens is 934 g/mol. The number of unbranched alkanes of at least 4 members (excludes halogenated alkanes) is 30. The number of carbonyl (C=O) groups is 4. The third-order valence-corrected chi connectivity index (χ3v) is 13.3. The Labute approximate surface area is 438 Å². The van der Waals surface area contributed by atoms with Crippen LogP contribution in [0.1, 0.15) is 232 Å². The number of hydrogen-bond acceptors (Lipinski definition) is 11. The molecule has 72 heavy (non-hydrogen) atoms. The molecule has 0 saturated carbocycles. The maximum atomic E-state index is 12.8. The van der Waals surface area contributed by atoms with Crippen LogP contribution in [0.3, 0.4) is 0 Å². The smallest absolute Gasteiger partial charge is 0.463 e. The Morgan fingerprint density at radius 2 is 0.764 bits per heavy atom. The molecule has 0 aromatic carbocycles. The van der Waals surface area contributed by atoms with Gasteiger partial charge in [-0.2, -0.15) is 0 Å². The molecule has 0 saturated heterocycles. The molecule has 0 aromatic heterocycles. The molecule has 14 heteroatoms. The number of phosphoric ester groups is 1. The van der Waals surface area contributed by atoms with E-state index < -0.39 is 26.5 Å². The van der Waals surface area contributed by atoms with Crippen LogP contribution in [0, 0.1) is 0 Å². The summed E-state index contributed by atoms with van der Waals surface area (Å²) in [6, 6.07) is 0. The lowest BCUT2D eigenvalue weighted by atomic mass is 10.0. The van der Waals surface area contributed by atoms with Crippen molar-refractivity contribution < 1.29 is 61.1 Å². The summed E-state index contributed by atoms with van der Waals surface area (Å²) < 4.78 is 44.9. The summed E-state index contributed by atoms with van der Waals surface area (Å²) in [5.41, 5.74) is 0.